The van der Waals surface area contributed by atoms with Gasteiger partial charge in [0.2, 0.25) is 0 Å². The number of thioether (sulfide) groups is 1. The summed E-state index contributed by atoms with van der Waals surface area (Å²) in [4.78, 5) is 8.35. The Balaban J connectivity index is 1.61. The lowest BCUT2D eigenvalue weighted by atomic mass is 10.2. The van der Waals surface area contributed by atoms with Crippen molar-refractivity contribution in [2.45, 2.75) is 17.9 Å². The highest BCUT2D eigenvalue weighted by Gasteiger charge is 2.15. The Morgan fingerprint density at radius 1 is 1.29 bits per heavy atom. The minimum atomic E-state index is 0.623. The van der Waals surface area contributed by atoms with Crippen LogP contribution in [0.15, 0.2) is 29.6 Å². The number of benzene rings is 1. The molecule has 5 nitrogen and oxygen atoms in total. The second kappa shape index (κ2) is 6.87. The number of H-pyrrole nitrogens is 1. The molecule has 3 rings (SSSR count). The van der Waals surface area contributed by atoms with E-state index in [0.717, 1.165) is 36.7 Å². The second-order valence-electron chi connectivity index (χ2n) is 4.81. The molecule has 0 atom stereocenters. The first-order valence-corrected chi connectivity index (χ1v) is 8.24. The Hall–Kier alpha value is -1.66. The molecular weight excluding hydrogens is 286 g/mol. The molecule has 21 heavy (non-hydrogen) atoms. The van der Waals surface area contributed by atoms with E-state index in [1.807, 2.05) is 6.20 Å². The van der Waals surface area contributed by atoms with Crippen molar-refractivity contribution in [3.8, 4) is 11.5 Å². The molecule has 0 saturated heterocycles. The molecule has 1 aromatic carbocycles. The molecule has 1 aromatic heterocycles. The molecule has 0 amide bonds. The van der Waals surface area contributed by atoms with E-state index in [-0.39, 0.29) is 0 Å². The summed E-state index contributed by atoms with van der Waals surface area (Å²) in [6.07, 6.45) is 6.60. The maximum atomic E-state index is 5.65. The Labute approximate surface area is 128 Å². The summed E-state index contributed by atoms with van der Waals surface area (Å²) in [7, 11) is 0. The highest BCUT2D eigenvalue weighted by Crippen LogP contribution is 2.36. The lowest BCUT2D eigenvalue weighted by molar-refractivity contribution is 0.171. The predicted molar refractivity (Wildman–Crippen MR) is 83.2 cm³/mol. The summed E-state index contributed by atoms with van der Waals surface area (Å²) in [5.41, 5.74) is 2.39. The van der Waals surface area contributed by atoms with Gasteiger partial charge in [0.25, 0.3) is 0 Å². The Kier molecular flexibility index (Phi) is 4.67. The summed E-state index contributed by atoms with van der Waals surface area (Å²) in [5, 5.41) is 3.46. The third kappa shape index (κ3) is 3.51. The molecule has 0 saturated carbocycles. The van der Waals surface area contributed by atoms with Crippen molar-refractivity contribution >= 4 is 11.8 Å². The van der Waals surface area contributed by atoms with E-state index in [0.29, 0.717) is 13.2 Å². The van der Waals surface area contributed by atoms with Gasteiger partial charge < -0.3 is 19.8 Å². The molecule has 0 aliphatic carbocycles. The van der Waals surface area contributed by atoms with E-state index in [1.54, 1.807) is 18.1 Å². The van der Waals surface area contributed by atoms with Crippen LogP contribution < -0.4 is 14.8 Å². The third-order valence-corrected chi connectivity index (χ3v) is 4.21. The molecule has 0 spiro atoms. The Morgan fingerprint density at radius 3 is 2.81 bits per heavy atom. The summed E-state index contributed by atoms with van der Waals surface area (Å²) in [6.45, 7) is 2.98. The zero-order valence-electron chi connectivity index (χ0n) is 12.0. The van der Waals surface area contributed by atoms with E-state index < -0.39 is 0 Å². The number of ether oxygens (including phenoxy) is 2. The van der Waals surface area contributed by atoms with Gasteiger partial charge in [0, 0.05) is 36.3 Å². The predicted octanol–water partition coefficient (Wildman–Crippen LogP) is 2.24. The van der Waals surface area contributed by atoms with Crippen LogP contribution in [-0.4, -0.2) is 36.0 Å². The molecule has 2 N–H and O–H groups in total. The van der Waals surface area contributed by atoms with Gasteiger partial charge in [-0.2, -0.15) is 0 Å². The average molecular weight is 305 g/mol. The number of fused-ring (bicyclic) bond motifs is 1. The number of imidazole rings is 1. The number of hydrogen-bond donors (Lipinski definition) is 2. The minimum Gasteiger partial charge on any atom is -0.486 e. The molecular formula is C15H19N3O2S. The fraction of sp³-hybridized carbons (Fsp3) is 0.400. The molecule has 2 heterocycles. The van der Waals surface area contributed by atoms with Crippen molar-refractivity contribution in [3.63, 3.8) is 0 Å². The number of hydrogen-bond acceptors (Lipinski definition) is 5. The van der Waals surface area contributed by atoms with Crippen LogP contribution >= 0.6 is 11.8 Å². The van der Waals surface area contributed by atoms with Gasteiger partial charge in [-0.1, -0.05) is 0 Å². The summed E-state index contributed by atoms with van der Waals surface area (Å²) in [6, 6.07) is 4.16. The van der Waals surface area contributed by atoms with E-state index in [4.69, 9.17) is 9.47 Å². The average Bonchev–Trinajstić information content (AvgIpc) is 3.04. The summed E-state index contributed by atoms with van der Waals surface area (Å²) < 4.78 is 11.3. The molecule has 0 bridgehead atoms. The van der Waals surface area contributed by atoms with Crippen molar-refractivity contribution in [1.82, 2.24) is 15.3 Å². The van der Waals surface area contributed by atoms with Crippen LogP contribution in [0.5, 0.6) is 11.5 Å². The van der Waals surface area contributed by atoms with Gasteiger partial charge in [0.05, 0.1) is 6.33 Å². The number of aromatic amines is 1. The highest BCUT2D eigenvalue weighted by molar-refractivity contribution is 7.98. The van der Waals surface area contributed by atoms with E-state index in [9.17, 15) is 0 Å². The highest BCUT2D eigenvalue weighted by atomic mass is 32.2. The zero-order valence-corrected chi connectivity index (χ0v) is 12.8. The Morgan fingerprint density at radius 2 is 2.10 bits per heavy atom. The van der Waals surface area contributed by atoms with Gasteiger partial charge in [-0.25, -0.2) is 4.98 Å². The molecule has 6 heteroatoms. The van der Waals surface area contributed by atoms with Crippen LogP contribution in [0, 0.1) is 0 Å². The van der Waals surface area contributed by atoms with Gasteiger partial charge in [-0.05, 0) is 24.0 Å². The van der Waals surface area contributed by atoms with Crippen molar-refractivity contribution in [2.24, 2.45) is 0 Å². The quantitative estimate of drug-likeness (QED) is 0.633. The third-order valence-electron chi connectivity index (χ3n) is 3.39. The minimum absolute atomic E-state index is 0.623. The topological polar surface area (TPSA) is 59.2 Å². The van der Waals surface area contributed by atoms with Crippen LogP contribution in [0.1, 0.15) is 11.3 Å². The van der Waals surface area contributed by atoms with Crippen LogP contribution in [0.4, 0.5) is 0 Å². The van der Waals surface area contributed by atoms with Gasteiger partial charge in [-0.15, -0.1) is 11.8 Å². The number of nitrogens with one attached hydrogen (secondary N) is 2. The van der Waals surface area contributed by atoms with E-state index >= 15 is 0 Å². The maximum Gasteiger partial charge on any atom is 0.162 e. The molecule has 0 radical (unpaired) electrons. The smallest absolute Gasteiger partial charge is 0.162 e. The fourth-order valence-electron chi connectivity index (χ4n) is 2.31. The zero-order chi connectivity index (χ0) is 14.5. The molecule has 1 aliphatic rings. The van der Waals surface area contributed by atoms with Gasteiger partial charge in [0.15, 0.2) is 11.5 Å². The van der Waals surface area contributed by atoms with Crippen molar-refractivity contribution in [2.75, 3.05) is 26.0 Å². The number of nitrogens with zero attached hydrogens (tertiary/aromatic N) is 1. The molecule has 2 aromatic rings. The van der Waals surface area contributed by atoms with E-state index in [2.05, 4.69) is 33.7 Å². The van der Waals surface area contributed by atoms with Gasteiger partial charge >= 0.3 is 0 Å². The van der Waals surface area contributed by atoms with Gasteiger partial charge in [-0.3, -0.25) is 0 Å². The largest absolute Gasteiger partial charge is 0.486 e. The van der Waals surface area contributed by atoms with Crippen LogP contribution in [0.3, 0.4) is 0 Å². The van der Waals surface area contributed by atoms with Crippen molar-refractivity contribution in [3.05, 3.63) is 35.9 Å². The standard InChI is InChI=1S/C15H19N3O2S/c1-21-15-7-14-13(19-4-5-20-14)6-11(15)8-16-3-2-12-9-17-10-18-12/h6-7,9-10,16H,2-5,8H2,1H3,(H,17,18). The fourth-order valence-corrected chi connectivity index (χ4v) is 2.93. The molecule has 1 aliphatic heterocycles. The van der Waals surface area contributed by atoms with Crippen molar-refractivity contribution in [1.29, 1.82) is 0 Å². The van der Waals surface area contributed by atoms with E-state index in [1.165, 1.54) is 10.5 Å². The normalized spacial score (nSPS) is 13.4. The van der Waals surface area contributed by atoms with Crippen LogP contribution in [0.25, 0.3) is 0 Å². The number of rotatable bonds is 6. The SMILES string of the molecule is CSc1cc2c(cc1CNCCc1cnc[nH]1)OCCO2. The lowest BCUT2D eigenvalue weighted by Crippen LogP contribution is -2.19. The maximum absolute atomic E-state index is 5.65. The lowest BCUT2D eigenvalue weighted by Gasteiger charge is -2.21. The monoisotopic (exact) mass is 305 g/mol. The molecule has 112 valence electrons. The molecule has 0 unspecified atom stereocenters. The van der Waals surface area contributed by atoms with Gasteiger partial charge in [0.1, 0.15) is 13.2 Å². The first kappa shape index (κ1) is 14.3. The Bertz CT molecular complexity index is 587. The van der Waals surface area contributed by atoms with Crippen molar-refractivity contribution < 1.29 is 9.47 Å². The summed E-state index contributed by atoms with van der Waals surface area (Å²) in [5.74, 6) is 1.70. The first-order chi connectivity index (χ1) is 10.4. The van der Waals surface area contributed by atoms with Crippen LogP contribution in [0.2, 0.25) is 0 Å². The molecule has 0 fully saturated rings. The first-order valence-electron chi connectivity index (χ1n) is 7.01. The number of aromatic nitrogens is 2. The second-order valence-corrected chi connectivity index (χ2v) is 5.66. The summed E-state index contributed by atoms with van der Waals surface area (Å²) >= 11 is 1.73. The van der Waals surface area contributed by atoms with Crippen LogP contribution in [-0.2, 0) is 13.0 Å².